The molecule has 1 heterocycles. The summed E-state index contributed by atoms with van der Waals surface area (Å²) in [6, 6.07) is 13.3. The van der Waals surface area contributed by atoms with Gasteiger partial charge in [0.25, 0.3) is 5.56 Å². The molecule has 4 rings (SSSR count). The average Bonchev–Trinajstić information content (AvgIpc) is 2.92. The summed E-state index contributed by atoms with van der Waals surface area (Å²) in [4.78, 5) is 41.1. The van der Waals surface area contributed by atoms with E-state index in [0.29, 0.717) is 26.7 Å². The molecule has 0 unspecified atom stereocenters. The molecule has 41 heavy (non-hydrogen) atoms. The molecule has 0 fully saturated rings. The molecule has 0 aliphatic rings. The van der Waals surface area contributed by atoms with Crippen LogP contribution in [0.15, 0.2) is 62.9 Å². The Kier molecular flexibility index (Phi) is 8.52. The first-order chi connectivity index (χ1) is 19.4. The van der Waals surface area contributed by atoms with Gasteiger partial charge in [0.15, 0.2) is 11.9 Å². The Hall–Kier alpha value is -4.58. The lowest BCUT2D eigenvalue weighted by Gasteiger charge is -2.17. The number of carboxylic acid groups (broad SMARTS) is 1. The van der Waals surface area contributed by atoms with Crippen LogP contribution in [0.25, 0.3) is 22.3 Å². The Labute approximate surface area is 243 Å². The first-order valence-electron chi connectivity index (χ1n) is 12.5. The summed E-state index contributed by atoms with van der Waals surface area (Å²) < 4.78 is 12.5. The van der Waals surface area contributed by atoms with E-state index in [4.69, 9.17) is 14.5 Å². The fraction of sp³-hybridized carbons (Fsp3) is 0.241. The SMILES string of the molecule is COc1cc(C)c(-c2nc3ccccc3c(=O)n2N=Cc2cc(Br)cc([N+](=O)[O-])c2O[C@@H](C)C(=O)O)cc1C(C)C. The van der Waals surface area contributed by atoms with Crippen molar-refractivity contribution in [2.24, 2.45) is 5.10 Å². The van der Waals surface area contributed by atoms with Gasteiger partial charge in [0.1, 0.15) is 5.75 Å². The number of ether oxygens (including phenoxy) is 2. The van der Waals surface area contributed by atoms with Crippen LogP contribution in [0.1, 0.15) is 43.4 Å². The standard InChI is InChI=1S/C29H27BrN4O7/c1-15(2)21-13-22(16(3)10-25(21)40-5)27-32-23-9-7-6-8-20(23)28(35)33(27)31-14-18-11-19(30)12-24(34(38)39)26(18)41-17(4)29(36)37/h6-15,17H,1-5H3,(H,36,37)/t17-/m0/s1. The molecule has 0 radical (unpaired) electrons. The van der Waals surface area contributed by atoms with Crippen LogP contribution in [0.3, 0.4) is 0 Å². The van der Waals surface area contributed by atoms with E-state index in [9.17, 15) is 24.8 Å². The third kappa shape index (κ3) is 5.97. The second-order valence-electron chi connectivity index (χ2n) is 9.58. The lowest BCUT2D eigenvalue weighted by molar-refractivity contribution is -0.386. The zero-order valence-corrected chi connectivity index (χ0v) is 24.5. The van der Waals surface area contributed by atoms with Crippen molar-refractivity contribution in [2.45, 2.75) is 39.7 Å². The largest absolute Gasteiger partial charge is 0.496 e. The van der Waals surface area contributed by atoms with Crippen molar-refractivity contribution >= 4 is 44.7 Å². The van der Waals surface area contributed by atoms with Crippen molar-refractivity contribution in [3.05, 3.63) is 90.2 Å². The number of para-hydroxylation sites is 1. The third-order valence-corrected chi connectivity index (χ3v) is 6.87. The summed E-state index contributed by atoms with van der Waals surface area (Å²) in [5, 5.41) is 25.9. The fourth-order valence-corrected chi connectivity index (χ4v) is 4.74. The molecule has 0 aliphatic carbocycles. The molecule has 1 aromatic heterocycles. The number of aliphatic carboxylic acids is 1. The van der Waals surface area contributed by atoms with Crippen molar-refractivity contribution in [1.82, 2.24) is 9.66 Å². The van der Waals surface area contributed by atoms with Crippen LogP contribution in [0.2, 0.25) is 0 Å². The van der Waals surface area contributed by atoms with Gasteiger partial charge in [-0.05, 0) is 61.2 Å². The maximum Gasteiger partial charge on any atom is 0.344 e. The van der Waals surface area contributed by atoms with E-state index >= 15 is 0 Å². The summed E-state index contributed by atoms with van der Waals surface area (Å²) in [6.45, 7) is 7.17. The van der Waals surface area contributed by atoms with Gasteiger partial charge in [-0.2, -0.15) is 9.78 Å². The number of nitro groups is 1. The molecule has 3 aromatic carbocycles. The van der Waals surface area contributed by atoms with Crippen molar-refractivity contribution in [3.8, 4) is 22.9 Å². The van der Waals surface area contributed by atoms with Gasteiger partial charge in [0, 0.05) is 21.7 Å². The number of methoxy groups -OCH3 is 1. The summed E-state index contributed by atoms with van der Waals surface area (Å²) >= 11 is 3.25. The maximum atomic E-state index is 13.7. The number of carbonyl (C=O) groups is 1. The Bertz CT molecular complexity index is 1760. The number of nitrogens with zero attached hydrogens (tertiary/aromatic N) is 4. The van der Waals surface area contributed by atoms with E-state index in [-0.39, 0.29) is 23.1 Å². The van der Waals surface area contributed by atoms with Gasteiger partial charge in [-0.25, -0.2) is 9.78 Å². The maximum absolute atomic E-state index is 13.7. The number of hydrogen-bond donors (Lipinski definition) is 1. The second-order valence-corrected chi connectivity index (χ2v) is 10.5. The van der Waals surface area contributed by atoms with Crippen molar-refractivity contribution in [1.29, 1.82) is 0 Å². The van der Waals surface area contributed by atoms with Crippen LogP contribution in [-0.2, 0) is 4.79 Å². The van der Waals surface area contributed by atoms with Crippen LogP contribution < -0.4 is 15.0 Å². The summed E-state index contributed by atoms with van der Waals surface area (Å²) in [6.07, 6.45) is -0.176. The minimum absolute atomic E-state index is 0.0829. The smallest absolute Gasteiger partial charge is 0.344 e. The molecule has 4 aromatic rings. The molecule has 0 aliphatic heterocycles. The van der Waals surface area contributed by atoms with Crippen LogP contribution >= 0.6 is 15.9 Å². The second kappa shape index (κ2) is 11.9. The van der Waals surface area contributed by atoms with Gasteiger partial charge in [-0.3, -0.25) is 14.9 Å². The first-order valence-corrected chi connectivity index (χ1v) is 13.3. The van der Waals surface area contributed by atoms with Crippen molar-refractivity contribution in [3.63, 3.8) is 0 Å². The van der Waals surface area contributed by atoms with Crippen LogP contribution in [-0.4, -0.2) is 45.1 Å². The highest BCUT2D eigenvalue weighted by atomic mass is 79.9. The van der Waals surface area contributed by atoms with Gasteiger partial charge in [-0.15, -0.1) is 0 Å². The highest BCUT2D eigenvalue weighted by Crippen LogP contribution is 2.36. The van der Waals surface area contributed by atoms with Crippen molar-refractivity contribution < 1.29 is 24.3 Å². The molecule has 1 N–H and O–H groups in total. The normalized spacial score (nSPS) is 12.2. The van der Waals surface area contributed by atoms with Crippen LogP contribution in [0.5, 0.6) is 11.5 Å². The lowest BCUT2D eigenvalue weighted by Crippen LogP contribution is -2.24. The average molecular weight is 623 g/mol. The van der Waals surface area contributed by atoms with Gasteiger partial charge in [-0.1, -0.05) is 41.9 Å². The highest BCUT2D eigenvalue weighted by Gasteiger charge is 2.25. The number of aryl methyl sites for hydroxylation is 1. The quantitative estimate of drug-likeness (QED) is 0.138. The minimum atomic E-state index is -1.39. The van der Waals surface area contributed by atoms with E-state index in [1.807, 2.05) is 32.9 Å². The van der Waals surface area contributed by atoms with Crippen LogP contribution in [0, 0.1) is 17.0 Å². The molecule has 12 heteroatoms. The highest BCUT2D eigenvalue weighted by molar-refractivity contribution is 9.10. The van der Waals surface area contributed by atoms with E-state index in [1.54, 1.807) is 31.4 Å². The zero-order valence-electron chi connectivity index (χ0n) is 22.9. The summed E-state index contributed by atoms with van der Waals surface area (Å²) in [5.74, 6) is -0.555. The van der Waals surface area contributed by atoms with Gasteiger partial charge in [0.2, 0.25) is 5.75 Å². The molecular weight excluding hydrogens is 596 g/mol. The Morgan fingerprint density at radius 3 is 2.54 bits per heavy atom. The Balaban J connectivity index is 2.01. The molecule has 0 spiro atoms. The van der Waals surface area contributed by atoms with Crippen LogP contribution in [0.4, 0.5) is 5.69 Å². The Morgan fingerprint density at radius 1 is 1.20 bits per heavy atom. The molecule has 0 amide bonds. The number of carboxylic acids is 1. The predicted octanol–water partition coefficient (Wildman–Crippen LogP) is 5.91. The van der Waals surface area contributed by atoms with E-state index < -0.39 is 28.2 Å². The monoisotopic (exact) mass is 622 g/mol. The van der Waals surface area contributed by atoms with E-state index in [0.717, 1.165) is 15.8 Å². The van der Waals surface area contributed by atoms with Crippen molar-refractivity contribution in [2.75, 3.05) is 7.11 Å². The molecule has 1 atom stereocenters. The fourth-order valence-electron chi connectivity index (χ4n) is 4.28. The van der Waals surface area contributed by atoms with Gasteiger partial charge < -0.3 is 14.6 Å². The topological polar surface area (TPSA) is 146 Å². The number of hydrogen-bond acceptors (Lipinski definition) is 8. The first kappa shape index (κ1) is 29.4. The number of nitro benzene ring substituents is 1. The molecule has 0 saturated heterocycles. The lowest BCUT2D eigenvalue weighted by atomic mass is 9.96. The number of aromatic nitrogens is 2. The molecule has 0 saturated carbocycles. The molecule has 212 valence electrons. The number of halogens is 1. The minimum Gasteiger partial charge on any atom is -0.496 e. The summed E-state index contributed by atoms with van der Waals surface area (Å²) in [7, 11) is 1.59. The number of rotatable bonds is 9. The Morgan fingerprint density at radius 2 is 1.90 bits per heavy atom. The molecule has 0 bridgehead atoms. The van der Waals surface area contributed by atoms with E-state index in [2.05, 4.69) is 21.0 Å². The molecular formula is C29H27BrN4O7. The third-order valence-electron chi connectivity index (χ3n) is 6.41. The summed E-state index contributed by atoms with van der Waals surface area (Å²) in [5.41, 5.74) is 1.96. The number of fused-ring (bicyclic) bond motifs is 1. The van der Waals surface area contributed by atoms with Gasteiger partial charge in [0.05, 0.1) is 29.2 Å². The predicted molar refractivity (Wildman–Crippen MR) is 158 cm³/mol. The zero-order chi connectivity index (χ0) is 30.0. The van der Waals surface area contributed by atoms with E-state index in [1.165, 1.54) is 25.3 Å². The number of benzene rings is 3. The molecule has 11 nitrogen and oxygen atoms in total. The van der Waals surface area contributed by atoms with Gasteiger partial charge >= 0.3 is 11.7 Å².